The van der Waals surface area contributed by atoms with Crippen molar-refractivity contribution in [2.75, 3.05) is 6.54 Å². The fourth-order valence-electron chi connectivity index (χ4n) is 2.31. The third kappa shape index (κ3) is 3.08. The molecule has 112 valence electrons. The lowest BCUT2D eigenvalue weighted by atomic mass is 9.87. The number of hydrogen-bond donors (Lipinski definition) is 1. The molecule has 0 aliphatic heterocycles. The van der Waals surface area contributed by atoms with E-state index in [1.54, 1.807) is 0 Å². The van der Waals surface area contributed by atoms with E-state index in [0.717, 1.165) is 12.3 Å². The summed E-state index contributed by atoms with van der Waals surface area (Å²) in [6.45, 7) is 0.113. The molecule has 1 heterocycles. The lowest BCUT2D eigenvalue weighted by Crippen LogP contribution is -2.22. The maximum Gasteiger partial charge on any atom is 0.433 e. The Morgan fingerprint density at radius 3 is 2.25 bits per heavy atom. The van der Waals surface area contributed by atoms with Crippen LogP contribution in [0.25, 0.3) is 0 Å². The molecule has 0 aromatic carbocycles. The van der Waals surface area contributed by atoms with Gasteiger partial charge in [0, 0.05) is 11.6 Å². The quantitative estimate of drug-likeness (QED) is 0.843. The molecule has 0 unspecified atom stereocenters. The molecule has 1 saturated carbocycles. The van der Waals surface area contributed by atoms with E-state index in [1.165, 1.54) is 6.07 Å². The molecule has 1 aliphatic carbocycles. The Balaban J connectivity index is 2.12. The van der Waals surface area contributed by atoms with E-state index in [2.05, 4.69) is 4.98 Å². The van der Waals surface area contributed by atoms with Crippen LogP contribution in [0, 0.1) is 5.41 Å². The second-order valence-electron chi connectivity index (χ2n) is 5.27. The van der Waals surface area contributed by atoms with E-state index < -0.39 is 23.7 Å². The topological polar surface area (TPSA) is 38.9 Å². The number of hydrogen-bond acceptors (Lipinski definition) is 2. The predicted octanol–water partition coefficient (Wildman–Crippen LogP) is 3.58. The van der Waals surface area contributed by atoms with Gasteiger partial charge in [-0.25, -0.2) is 8.78 Å². The minimum atomic E-state index is -4.50. The van der Waals surface area contributed by atoms with Crippen molar-refractivity contribution in [2.24, 2.45) is 11.1 Å². The second kappa shape index (κ2) is 5.27. The first-order chi connectivity index (χ1) is 9.28. The molecule has 1 aliphatic rings. The minimum Gasteiger partial charge on any atom is -0.330 e. The highest BCUT2D eigenvalue weighted by molar-refractivity contribution is 5.21. The third-order valence-electron chi connectivity index (χ3n) is 3.84. The van der Waals surface area contributed by atoms with Gasteiger partial charge >= 0.3 is 6.18 Å². The van der Waals surface area contributed by atoms with Crippen LogP contribution in [-0.2, 0) is 6.18 Å². The van der Waals surface area contributed by atoms with Crippen molar-refractivity contribution in [3.05, 3.63) is 29.6 Å². The van der Waals surface area contributed by atoms with Gasteiger partial charge in [0.15, 0.2) is 0 Å². The molecule has 20 heavy (non-hydrogen) atoms. The first-order valence-electron chi connectivity index (χ1n) is 6.30. The Hall–Kier alpha value is -1.24. The highest BCUT2D eigenvalue weighted by atomic mass is 19.4. The average Bonchev–Trinajstić information content (AvgIpc) is 3.16. The van der Waals surface area contributed by atoms with Crippen molar-refractivity contribution in [1.82, 2.24) is 4.98 Å². The van der Waals surface area contributed by atoms with Crippen LogP contribution in [0.2, 0.25) is 0 Å². The van der Waals surface area contributed by atoms with Gasteiger partial charge in [0.2, 0.25) is 6.43 Å². The number of rotatable bonds is 5. The zero-order chi connectivity index (χ0) is 15.0. The van der Waals surface area contributed by atoms with Gasteiger partial charge in [-0.05, 0) is 43.4 Å². The van der Waals surface area contributed by atoms with E-state index in [9.17, 15) is 22.0 Å². The molecule has 1 aromatic rings. The van der Waals surface area contributed by atoms with Gasteiger partial charge in [0.25, 0.3) is 0 Å². The van der Waals surface area contributed by atoms with Crippen LogP contribution >= 0.6 is 0 Å². The van der Waals surface area contributed by atoms with Gasteiger partial charge in [0.1, 0.15) is 5.69 Å². The zero-order valence-corrected chi connectivity index (χ0v) is 10.6. The van der Waals surface area contributed by atoms with Crippen molar-refractivity contribution in [1.29, 1.82) is 0 Å². The molecule has 1 aromatic heterocycles. The van der Waals surface area contributed by atoms with Crippen molar-refractivity contribution in [2.45, 2.75) is 37.8 Å². The van der Waals surface area contributed by atoms with E-state index in [1.807, 2.05) is 0 Å². The van der Waals surface area contributed by atoms with Crippen molar-refractivity contribution >= 4 is 0 Å². The highest BCUT2D eigenvalue weighted by Gasteiger charge is 2.51. The molecule has 2 N–H and O–H groups in total. The molecule has 2 nitrogen and oxygen atoms in total. The van der Waals surface area contributed by atoms with Gasteiger partial charge in [-0.2, -0.15) is 13.2 Å². The van der Waals surface area contributed by atoms with Gasteiger partial charge in [0.05, 0.1) is 0 Å². The molecular weight excluding hydrogens is 279 g/mol. The minimum absolute atomic E-state index is 0.113. The van der Waals surface area contributed by atoms with Gasteiger partial charge in [-0.3, -0.25) is 4.98 Å². The summed E-state index contributed by atoms with van der Waals surface area (Å²) >= 11 is 0. The summed E-state index contributed by atoms with van der Waals surface area (Å²) in [7, 11) is 0. The smallest absolute Gasteiger partial charge is 0.330 e. The fraction of sp³-hybridized carbons (Fsp3) is 0.615. The molecule has 0 radical (unpaired) electrons. The summed E-state index contributed by atoms with van der Waals surface area (Å²) in [4.78, 5) is 3.35. The molecule has 1 fully saturated rings. The first-order valence-corrected chi connectivity index (χ1v) is 6.30. The van der Waals surface area contributed by atoms with E-state index >= 15 is 0 Å². The summed E-state index contributed by atoms with van der Waals surface area (Å²) in [6, 6.07) is 2.13. The van der Waals surface area contributed by atoms with Crippen LogP contribution < -0.4 is 5.73 Å². The van der Waals surface area contributed by atoms with Gasteiger partial charge < -0.3 is 5.73 Å². The Kier molecular flexibility index (Phi) is 4.00. The zero-order valence-electron chi connectivity index (χ0n) is 10.6. The maximum atomic E-state index is 12.9. The van der Waals surface area contributed by atoms with Gasteiger partial charge in [-0.1, -0.05) is 6.07 Å². The van der Waals surface area contributed by atoms with Crippen molar-refractivity contribution in [3.63, 3.8) is 0 Å². The second-order valence-corrected chi connectivity index (χ2v) is 5.27. The molecule has 0 amide bonds. The van der Waals surface area contributed by atoms with E-state index in [-0.39, 0.29) is 18.9 Å². The lowest BCUT2D eigenvalue weighted by molar-refractivity contribution is -0.141. The molecule has 1 atom stereocenters. The molecule has 7 heteroatoms. The molecule has 0 spiro atoms. The van der Waals surface area contributed by atoms with Crippen LogP contribution in [0.4, 0.5) is 22.0 Å². The Morgan fingerprint density at radius 1 is 1.25 bits per heavy atom. The van der Waals surface area contributed by atoms with Gasteiger partial charge in [-0.15, -0.1) is 0 Å². The fourth-order valence-corrected chi connectivity index (χ4v) is 2.31. The summed E-state index contributed by atoms with van der Waals surface area (Å²) in [6.07, 6.45) is -4.77. The number of halogens is 5. The standard InChI is InChI=1S/C13H15F5N2/c14-11(15)12(3-4-12)5-9(6-19)8-1-2-10(20-7-8)13(16,17)18/h1-2,7,9,11H,3-6,19H2/t9-/m0/s1. The van der Waals surface area contributed by atoms with Crippen LogP contribution in [-0.4, -0.2) is 18.0 Å². The number of pyridine rings is 1. The Bertz CT molecular complexity index is 451. The summed E-state index contributed by atoms with van der Waals surface area (Å²) in [5.41, 5.74) is 4.05. The monoisotopic (exact) mass is 294 g/mol. The number of aromatic nitrogens is 1. The van der Waals surface area contributed by atoms with Crippen LogP contribution in [0.3, 0.4) is 0 Å². The van der Waals surface area contributed by atoms with E-state index in [4.69, 9.17) is 5.73 Å². The highest BCUT2D eigenvalue weighted by Crippen LogP contribution is 2.56. The molecule has 0 bridgehead atoms. The normalized spacial score (nSPS) is 19.1. The SMILES string of the molecule is NC[C@H](CC1(C(F)F)CC1)c1ccc(C(F)(F)F)nc1. The average molecular weight is 294 g/mol. The summed E-state index contributed by atoms with van der Waals surface area (Å²) < 4.78 is 63.0. The van der Waals surface area contributed by atoms with Crippen LogP contribution in [0.15, 0.2) is 18.3 Å². The van der Waals surface area contributed by atoms with E-state index in [0.29, 0.717) is 18.4 Å². The largest absolute Gasteiger partial charge is 0.433 e. The number of nitrogens with two attached hydrogens (primary N) is 1. The Labute approximate surface area is 113 Å². The van der Waals surface area contributed by atoms with Crippen LogP contribution in [0.1, 0.15) is 36.4 Å². The van der Waals surface area contributed by atoms with Crippen molar-refractivity contribution in [3.8, 4) is 0 Å². The first kappa shape index (κ1) is 15.2. The summed E-state index contributed by atoms with van der Waals surface area (Å²) in [5.74, 6) is -0.388. The predicted molar refractivity (Wildman–Crippen MR) is 63.3 cm³/mol. The van der Waals surface area contributed by atoms with Crippen LogP contribution in [0.5, 0.6) is 0 Å². The summed E-state index contributed by atoms with van der Waals surface area (Å²) in [5, 5.41) is 0. The number of nitrogens with zero attached hydrogens (tertiary/aromatic N) is 1. The lowest BCUT2D eigenvalue weighted by Gasteiger charge is -2.22. The molecule has 2 rings (SSSR count). The maximum absolute atomic E-state index is 12.9. The molecular formula is C13H15F5N2. The molecule has 0 saturated heterocycles. The number of alkyl halides is 5. The Morgan fingerprint density at radius 2 is 1.90 bits per heavy atom. The van der Waals surface area contributed by atoms with Crippen molar-refractivity contribution < 1.29 is 22.0 Å². The third-order valence-corrected chi connectivity index (χ3v) is 3.84.